The molecule has 96 valence electrons. The minimum absolute atomic E-state index is 0.295. The molecule has 3 heteroatoms. The second-order valence-electron chi connectivity index (χ2n) is 4.34. The van der Waals surface area contributed by atoms with Gasteiger partial charge in [0.2, 0.25) is 0 Å². The van der Waals surface area contributed by atoms with E-state index in [2.05, 4.69) is 19.1 Å². The predicted molar refractivity (Wildman–Crippen MR) is 77.3 cm³/mol. The standard InChI is InChI=1S/C16H14FNS/c1-12-4-2-3-5-14(12)10-19-11-15-7-6-13(9-18)8-16(15)17/h2-8H,10-11H2,1H3. The fraction of sp³-hybridized carbons (Fsp3) is 0.188. The quantitative estimate of drug-likeness (QED) is 0.821. The van der Waals surface area contributed by atoms with Gasteiger partial charge in [-0.25, -0.2) is 4.39 Å². The number of aryl methyl sites for hydroxylation is 1. The Balaban J connectivity index is 1.97. The minimum Gasteiger partial charge on any atom is -0.207 e. The molecule has 0 saturated carbocycles. The summed E-state index contributed by atoms with van der Waals surface area (Å²) in [7, 11) is 0. The van der Waals surface area contributed by atoms with Crippen molar-refractivity contribution in [1.82, 2.24) is 0 Å². The number of hydrogen-bond acceptors (Lipinski definition) is 2. The Kier molecular flexibility index (Phi) is 4.59. The molecule has 0 heterocycles. The van der Waals surface area contributed by atoms with Crippen LogP contribution in [0, 0.1) is 24.1 Å². The van der Waals surface area contributed by atoms with Crippen LogP contribution in [0.25, 0.3) is 0 Å². The molecule has 0 atom stereocenters. The average molecular weight is 271 g/mol. The van der Waals surface area contributed by atoms with Crippen molar-refractivity contribution >= 4 is 11.8 Å². The maximum atomic E-state index is 13.7. The molecule has 0 N–H and O–H groups in total. The lowest BCUT2D eigenvalue weighted by Gasteiger charge is -2.06. The van der Waals surface area contributed by atoms with E-state index in [4.69, 9.17) is 5.26 Å². The normalized spacial score (nSPS) is 10.2. The van der Waals surface area contributed by atoms with Crippen molar-refractivity contribution in [1.29, 1.82) is 5.26 Å². The van der Waals surface area contributed by atoms with E-state index in [0.717, 1.165) is 5.75 Å². The minimum atomic E-state index is -0.295. The maximum absolute atomic E-state index is 13.7. The second kappa shape index (κ2) is 6.40. The highest BCUT2D eigenvalue weighted by atomic mass is 32.2. The zero-order valence-electron chi connectivity index (χ0n) is 10.7. The summed E-state index contributed by atoms with van der Waals surface area (Å²) in [5.74, 6) is 1.19. The van der Waals surface area contributed by atoms with Gasteiger partial charge in [-0.1, -0.05) is 30.3 Å². The van der Waals surface area contributed by atoms with E-state index in [9.17, 15) is 4.39 Å². The van der Waals surface area contributed by atoms with Gasteiger partial charge in [0.05, 0.1) is 11.6 Å². The first-order valence-corrected chi connectivity index (χ1v) is 7.17. The van der Waals surface area contributed by atoms with Gasteiger partial charge in [-0.05, 0) is 35.7 Å². The summed E-state index contributed by atoms with van der Waals surface area (Å²) in [5, 5.41) is 8.69. The lowest BCUT2D eigenvalue weighted by Crippen LogP contribution is -1.91. The monoisotopic (exact) mass is 271 g/mol. The lowest BCUT2D eigenvalue weighted by atomic mass is 10.1. The molecule has 0 fully saturated rings. The van der Waals surface area contributed by atoms with E-state index in [1.807, 2.05) is 18.2 Å². The molecule has 0 aliphatic heterocycles. The van der Waals surface area contributed by atoms with E-state index in [1.54, 1.807) is 23.9 Å². The SMILES string of the molecule is Cc1ccccc1CSCc1ccc(C#N)cc1F. The van der Waals surface area contributed by atoms with Gasteiger partial charge < -0.3 is 0 Å². The van der Waals surface area contributed by atoms with Gasteiger partial charge in [0.25, 0.3) is 0 Å². The summed E-state index contributed by atoms with van der Waals surface area (Å²) < 4.78 is 13.7. The Morgan fingerprint density at radius 3 is 2.53 bits per heavy atom. The van der Waals surface area contributed by atoms with Crippen LogP contribution in [0.5, 0.6) is 0 Å². The van der Waals surface area contributed by atoms with Crippen molar-refractivity contribution in [2.75, 3.05) is 0 Å². The molecule has 1 nitrogen and oxygen atoms in total. The number of thioether (sulfide) groups is 1. The first-order chi connectivity index (χ1) is 9.20. The molecule has 0 aromatic heterocycles. The summed E-state index contributed by atoms with van der Waals surface area (Å²) >= 11 is 1.68. The second-order valence-corrected chi connectivity index (χ2v) is 5.32. The van der Waals surface area contributed by atoms with Crippen LogP contribution >= 0.6 is 11.8 Å². The number of nitriles is 1. The lowest BCUT2D eigenvalue weighted by molar-refractivity contribution is 0.617. The molecule has 2 rings (SSSR count). The number of hydrogen-bond donors (Lipinski definition) is 0. The van der Waals surface area contributed by atoms with E-state index in [-0.39, 0.29) is 5.82 Å². The molecule has 2 aromatic rings. The van der Waals surface area contributed by atoms with Crippen LogP contribution < -0.4 is 0 Å². The summed E-state index contributed by atoms with van der Waals surface area (Å²) in [5.41, 5.74) is 3.56. The topological polar surface area (TPSA) is 23.8 Å². The predicted octanol–water partition coefficient (Wildman–Crippen LogP) is 4.44. The number of nitrogens with zero attached hydrogens (tertiary/aromatic N) is 1. The summed E-state index contributed by atoms with van der Waals surface area (Å²) in [6, 6.07) is 14.8. The molecule has 0 bridgehead atoms. The Morgan fingerprint density at radius 2 is 1.84 bits per heavy atom. The number of benzene rings is 2. The fourth-order valence-corrected chi connectivity index (χ4v) is 2.88. The Labute approximate surface area is 117 Å². The van der Waals surface area contributed by atoms with Crippen molar-refractivity contribution in [2.45, 2.75) is 18.4 Å². The van der Waals surface area contributed by atoms with Gasteiger partial charge in [0, 0.05) is 11.5 Å². The van der Waals surface area contributed by atoms with Crippen LogP contribution in [0.3, 0.4) is 0 Å². The van der Waals surface area contributed by atoms with Crippen LogP contribution in [-0.4, -0.2) is 0 Å². The Bertz CT molecular complexity index is 616. The number of rotatable bonds is 4. The van der Waals surface area contributed by atoms with E-state index < -0.39 is 0 Å². The van der Waals surface area contributed by atoms with Crippen LogP contribution in [0.2, 0.25) is 0 Å². The molecular formula is C16H14FNS. The highest BCUT2D eigenvalue weighted by Crippen LogP contribution is 2.22. The highest BCUT2D eigenvalue weighted by Gasteiger charge is 2.04. The van der Waals surface area contributed by atoms with Crippen LogP contribution in [0.4, 0.5) is 4.39 Å². The molecule has 2 aromatic carbocycles. The van der Waals surface area contributed by atoms with Gasteiger partial charge >= 0.3 is 0 Å². The molecular weight excluding hydrogens is 257 g/mol. The van der Waals surface area contributed by atoms with Gasteiger partial charge in [-0.15, -0.1) is 0 Å². The fourth-order valence-electron chi connectivity index (χ4n) is 1.78. The highest BCUT2D eigenvalue weighted by molar-refractivity contribution is 7.97. The van der Waals surface area contributed by atoms with Crippen molar-refractivity contribution in [3.63, 3.8) is 0 Å². The maximum Gasteiger partial charge on any atom is 0.128 e. The van der Waals surface area contributed by atoms with E-state index >= 15 is 0 Å². The third kappa shape index (κ3) is 3.59. The third-order valence-corrected chi connectivity index (χ3v) is 3.99. The summed E-state index contributed by atoms with van der Waals surface area (Å²) in [4.78, 5) is 0. The van der Waals surface area contributed by atoms with Gasteiger partial charge in [0.1, 0.15) is 5.82 Å². The van der Waals surface area contributed by atoms with Gasteiger partial charge in [-0.2, -0.15) is 17.0 Å². The van der Waals surface area contributed by atoms with Crippen molar-refractivity contribution < 1.29 is 4.39 Å². The Morgan fingerprint density at radius 1 is 1.11 bits per heavy atom. The molecule has 0 radical (unpaired) electrons. The number of halogens is 1. The first-order valence-electron chi connectivity index (χ1n) is 6.01. The smallest absolute Gasteiger partial charge is 0.128 e. The molecule has 0 aliphatic carbocycles. The van der Waals surface area contributed by atoms with Crippen molar-refractivity contribution in [2.24, 2.45) is 0 Å². The molecule has 0 unspecified atom stereocenters. The Hall–Kier alpha value is -1.79. The van der Waals surface area contributed by atoms with Crippen LogP contribution in [0.15, 0.2) is 42.5 Å². The molecule has 0 aliphatic rings. The summed E-state index contributed by atoms with van der Waals surface area (Å²) in [6.07, 6.45) is 0. The van der Waals surface area contributed by atoms with Crippen LogP contribution in [-0.2, 0) is 11.5 Å². The van der Waals surface area contributed by atoms with E-state index in [1.165, 1.54) is 17.2 Å². The summed E-state index contributed by atoms with van der Waals surface area (Å²) in [6.45, 7) is 2.08. The van der Waals surface area contributed by atoms with Gasteiger partial charge in [0.15, 0.2) is 0 Å². The zero-order valence-corrected chi connectivity index (χ0v) is 11.5. The van der Waals surface area contributed by atoms with E-state index in [0.29, 0.717) is 16.9 Å². The third-order valence-electron chi connectivity index (χ3n) is 2.96. The largest absolute Gasteiger partial charge is 0.207 e. The van der Waals surface area contributed by atoms with Crippen molar-refractivity contribution in [3.8, 4) is 6.07 Å². The molecule has 0 spiro atoms. The first kappa shape index (κ1) is 13.6. The molecule has 0 amide bonds. The molecule has 0 saturated heterocycles. The zero-order chi connectivity index (χ0) is 13.7. The van der Waals surface area contributed by atoms with Crippen molar-refractivity contribution in [3.05, 3.63) is 70.5 Å². The average Bonchev–Trinajstić information content (AvgIpc) is 2.42. The van der Waals surface area contributed by atoms with Gasteiger partial charge in [-0.3, -0.25) is 0 Å². The van der Waals surface area contributed by atoms with Crippen LogP contribution in [0.1, 0.15) is 22.3 Å². The molecule has 19 heavy (non-hydrogen) atoms.